The molecule has 0 atom stereocenters. The molecule has 8 heteroatoms. The van der Waals surface area contributed by atoms with E-state index < -0.39 is 0 Å². The molecule has 0 aliphatic carbocycles. The fourth-order valence-electron chi connectivity index (χ4n) is 2.02. The van der Waals surface area contributed by atoms with Crippen LogP contribution in [0.5, 0.6) is 0 Å². The summed E-state index contributed by atoms with van der Waals surface area (Å²) < 4.78 is 9.46. The highest BCUT2D eigenvalue weighted by atomic mass is 79.9. The van der Waals surface area contributed by atoms with E-state index >= 15 is 0 Å². The number of aromatic nitrogens is 4. The molecule has 1 N–H and O–H groups in total. The maximum Gasteiger partial charge on any atom is 0.271 e. The molecule has 2 aromatic heterocycles. The van der Waals surface area contributed by atoms with Gasteiger partial charge < -0.3 is 10.1 Å². The molecule has 2 heterocycles. The number of aryl methyl sites for hydroxylation is 1. The molecule has 2 aromatic rings. The number of ether oxygens (including phenoxy) is 1. The van der Waals surface area contributed by atoms with Crippen LogP contribution in [0.2, 0.25) is 0 Å². The van der Waals surface area contributed by atoms with Gasteiger partial charge in [0.05, 0.1) is 15.9 Å². The summed E-state index contributed by atoms with van der Waals surface area (Å²) in [6.07, 6.45) is 2.55. The minimum absolute atomic E-state index is 0.176. The Labute approximate surface area is 137 Å². The first kappa shape index (κ1) is 16.7. The van der Waals surface area contributed by atoms with Crippen LogP contribution >= 0.6 is 15.9 Å². The summed E-state index contributed by atoms with van der Waals surface area (Å²) in [4.78, 5) is 11.9. The summed E-state index contributed by atoms with van der Waals surface area (Å²) >= 11 is 3.50. The van der Waals surface area contributed by atoms with Crippen molar-refractivity contribution in [2.24, 2.45) is 0 Å². The zero-order valence-corrected chi connectivity index (χ0v) is 14.6. The summed E-state index contributed by atoms with van der Waals surface area (Å²) in [5, 5.41) is 11.5. The third kappa shape index (κ3) is 3.95. The number of hydrogen-bond acceptors (Lipinski definition) is 4. The molecule has 0 radical (unpaired) electrons. The van der Waals surface area contributed by atoms with E-state index in [4.69, 9.17) is 4.74 Å². The zero-order valence-electron chi connectivity index (χ0n) is 13.0. The molecule has 0 aliphatic heterocycles. The standard InChI is InChI=1S/C14H20BrN5O2/c1-10-13(15)11(2)20(17-10)9-19-7-5-12(18-19)14(21)16-6-4-8-22-3/h5,7H,4,6,8-9H2,1-3H3,(H,16,21). The van der Waals surface area contributed by atoms with Crippen LogP contribution in [-0.2, 0) is 11.4 Å². The van der Waals surface area contributed by atoms with Crippen molar-refractivity contribution in [1.29, 1.82) is 0 Å². The fourth-order valence-corrected chi connectivity index (χ4v) is 2.30. The minimum atomic E-state index is -0.176. The molecule has 0 bridgehead atoms. The predicted molar refractivity (Wildman–Crippen MR) is 85.9 cm³/mol. The number of halogens is 1. The van der Waals surface area contributed by atoms with E-state index in [-0.39, 0.29) is 5.91 Å². The normalized spacial score (nSPS) is 10.9. The SMILES string of the molecule is COCCCNC(=O)c1ccn(Cn2nc(C)c(Br)c2C)n1. The average Bonchev–Trinajstić information content (AvgIpc) is 3.05. The molecule has 0 aliphatic rings. The molecular formula is C14H20BrN5O2. The monoisotopic (exact) mass is 369 g/mol. The van der Waals surface area contributed by atoms with E-state index in [2.05, 4.69) is 31.4 Å². The van der Waals surface area contributed by atoms with Gasteiger partial charge >= 0.3 is 0 Å². The van der Waals surface area contributed by atoms with Gasteiger partial charge in [-0.3, -0.25) is 9.48 Å². The van der Waals surface area contributed by atoms with Gasteiger partial charge in [-0.15, -0.1) is 0 Å². The highest BCUT2D eigenvalue weighted by molar-refractivity contribution is 9.10. The summed E-state index contributed by atoms with van der Waals surface area (Å²) in [6.45, 7) is 5.59. The third-order valence-corrected chi connectivity index (χ3v) is 4.40. The topological polar surface area (TPSA) is 74.0 Å². The van der Waals surface area contributed by atoms with Gasteiger partial charge in [-0.1, -0.05) is 0 Å². The van der Waals surface area contributed by atoms with Gasteiger partial charge in [0.2, 0.25) is 0 Å². The third-order valence-electron chi connectivity index (χ3n) is 3.26. The van der Waals surface area contributed by atoms with Gasteiger partial charge in [0.15, 0.2) is 0 Å². The lowest BCUT2D eigenvalue weighted by molar-refractivity contribution is 0.0942. The molecule has 0 fully saturated rings. The van der Waals surface area contributed by atoms with Crippen LogP contribution in [0.25, 0.3) is 0 Å². The minimum Gasteiger partial charge on any atom is -0.385 e. The largest absolute Gasteiger partial charge is 0.385 e. The maximum atomic E-state index is 11.9. The van der Waals surface area contributed by atoms with E-state index in [0.29, 0.717) is 25.5 Å². The Bertz CT molecular complexity index is 650. The lowest BCUT2D eigenvalue weighted by Crippen LogP contribution is -2.26. The highest BCUT2D eigenvalue weighted by Crippen LogP contribution is 2.19. The van der Waals surface area contributed by atoms with Crippen molar-refractivity contribution in [3.05, 3.63) is 33.8 Å². The van der Waals surface area contributed by atoms with Crippen molar-refractivity contribution in [2.45, 2.75) is 26.9 Å². The fraction of sp³-hybridized carbons (Fsp3) is 0.500. The summed E-state index contributed by atoms with van der Waals surface area (Å²) in [7, 11) is 1.64. The molecule has 120 valence electrons. The maximum absolute atomic E-state index is 11.9. The quantitative estimate of drug-likeness (QED) is 0.754. The Kier molecular flexibility index (Phi) is 5.73. The van der Waals surface area contributed by atoms with Gasteiger partial charge in [-0.05, 0) is 42.3 Å². The Morgan fingerprint density at radius 2 is 2.18 bits per heavy atom. The second kappa shape index (κ2) is 7.55. The van der Waals surface area contributed by atoms with E-state index in [1.54, 1.807) is 24.1 Å². The van der Waals surface area contributed by atoms with Crippen LogP contribution in [0.1, 0.15) is 28.3 Å². The Morgan fingerprint density at radius 1 is 1.41 bits per heavy atom. The molecule has 0 unspecified atom stereocenters. The molecular weight excluding hydrogens is 350 g/mol. The van der Waals surface area contributed by atoms with E-state index in [9.17, 15) is 4.79 Å². The molecule has 1 amide bonds. The first-order valence-corrected chi connectivity index (χ1v) is 7.82. The van der Waals surface area contributed by atoms with Gasteiger partial charge in [-0.25, -0.2) is 4.68 Å². The Balaban J connectivity index is 1.96. The molecule has 0 spiro atoms. The molecule has 0 saturated heterocycles. The average molecular weight is 370 g/mol. The van der Waals surface area contributed by atoms with E-state index in [1.807, 2.05) is 18.5 Å². The number of nitrogens with one attached hydrogen (secondary N) is 1. The summed E-state index contributed by atoms with van der Waals surface area (Å²) in [6, 6.07) is 1.70. The second-order valence-electron chi connectivity index (χ2n) is 4.97. The number of rotatable bonds is 7. The van der Waals surface area contributed by atoms with Gasteiger partial charge in [-0.2, -0.15) is 10.2 Å². The highest BCUT2D eigenvalue weighted by Gasteiger charge is 2.11. The Morgan fingerprint density at radius 3 is 2.82 bits per heavy atom. The number of hydrogen-bond donors (Lipinski definition) is 1. The van der Waals surface area contributed by atoms with Crippen LogP contribution in [-0.4, -0.2) is 45.7 Å². The van der Waals surface area contributed by atoms with E-state index in [1.165, 1.54) is 0 Å². The molecule has 2 rings (SSSR count). The van der Waals surface area contributed by atoms with E-state index in [0.717, 1.165) is 22.3 Å². The first-order chi connectivity index (χ1) is 10.5. The first-order valence-electron chi connectivity index (χ1n) is 7.03. The summed E-state index contributed by atoms with van der Waals surface area (Å²) in [5.74, 6) is -0.176. The molecule has 22 heavy (non-hydrogen) atoms. The number of carbonyl (C=O) groups is 1. The van der Waals surface area contributed by atoms with Crippen molar-refractivity contribution in [1.82, 2.24) is 24.9 Å². The van der Waals surface area contributed by atoms with Crippen molar-refractivity contribution in [2.75, 3.05) is 20.3 Å². The lowest BCUT2D eigenvalue weighted by Gasteiger charge is -2.05. The Hall–Kier alpha value is -1.67. The van der Waals surface area contributed by atoms with Gasteiger partial charge in [0.1, 0.15) is 12.4 Å². The summed E-state index contributed by atoms with van der Waals surface area (Å²) in [5.41, 5.74) is 2.36. The van der Waals surface area contributed by atoms with Gasteiger partial charge in [0, 0.05) is 26.5 Å². The van der Waals surface area contributed by atoms with Gasteiger partial charge in [0.25, 0.3) is 5.91 Å². The van der Waals surface area contributed by atoms with Crippen LogP contribution in [0.15, 0.2) is 16.7 Å². The number of amides is 1. The lowest BCUT2D eigenvalue weighted by atomic mass is 10.4. The number of methoxy groups -OCH3 is 1. The number of carbonyl (C=O) groups excluding carboxylic acids is 1. The van der Waals surface area contributed by atoms with Crippen LogP contribution in [0.4, 0.5) is 0 Å². The molecule has 0 saturated carbocycles. The van der Waals surface area contributed by atoms with Crippen molar-refractivity contribution >= 4 is 21.8 Å². The zero-order chi connectivity index (χ0) is 16.1. The van der Waals surface area contributed by atoms with Crippen LogP contribution < -0.4 is 5.32 Å². The van der Waals surface area contributed by atoms with Crippen molar-refractivity contribution < 1.29 is 9.53 Å². The van der Waals surface area contributed by atoms with Crippen LogP contribution in [0.3, 0.4) is 0 Å². The number of nitrogens with zero attached hydrogens (tertiary/aromatic N) is 4. The van der Waals surface area contributed by atoms with Crippen molar-refractivity contribution in [3.63, 3.8) is 0 Å². The molecule has 7 nitrogen and oxygen atoms in total. The second-order valence-corrected chi connectivity index (χ2v) is 5.76. The smallest absolute Gasteiger partial charge is 0.271 e. The van der Waals surface area contributed by atoms with Crippen molar-refractivity contribution in [3.8, 4) is 0 Å². The predicted octanol–water partition coefficient (Wildman–Crippen LogP) is 1.73. The van der Waals surface area contributed by atoms with Crippen LogP contribution in [0, 0.1) is 13.8 Å². The molecule has 0 aromatic carbocycles.